The summed E-state index contributed by atoms with van der Waals surface area (Å²) in [5, 5.41) is 8.78. The number of amides is 2. The number of hydrogen-bond donors (Lipinski definition) is 2. The number of rotatable bonds is 5. The molecule has 6 heteroatoms. The van der Waals surface area contributed by atoms with Crippen molar-refractivity contribution in [3.63, 3.8) is 0 Å². The number of benzene rings is 4. The number of nitrogens with zero attached hydrogens (tertiary/aromatic N) is 1. The van der Waals surface area contributed by atoms with Gasteiger partial charge in [0, 0.05) is 16.8 Å². The molecule has 0 aliphatic heterocycles. The van der Waals surface area contributed by atoms with Crippen LogP contribution >= 0.6 is 0 Å². The zero-order valence-electron chi connectivity index (χ0n) is 17.3. The van der Waals surface area contributed by atoms with Gasteiger partial charge in [-0.1, -0.05) is 54.6 Å². The molecule has 0 fully saturated rings. The molecule has 32 heavy (non-hydrogen) atoms. The van der Waals surface area contributed by atoms with E-state index >= 15 is 0 Å². The highest BCUT2D eigenvalue weighted by Gasteiger charge is 2.10. The van der Waals surface area contributed by atoms with Gasteiger partial charge in [0.2, 0.25) is 0 Å². The first-order valence-electron chi connectivity index (χ1n) is 10.0. The highest BCUT2D eigenvalue weighted by molar-refractivity contribution is 6.08. The van der Waals surface area contributed by atoms with Crippen LogP contribution in [0.4, 0.5) is 10.1 Å². The standard InChI is InChI=1S/C26H20FN3O2/c1-17(29-30-26(32)24-11-5-7-19-6-2-3-10-23(19)24)18-12-14-22(15-13-18)28-25(31)20-8-4-9-21(27)16-20/h2-16H,1H3,(H,28,31)(H,30,32)/b29-17+. The SMILES string of the molecule is C/C(=N\NC(=O)c1cccc2ccccc12)c1ccc(NC(=O)c2cccc(F)c2)cc1. The predicted octanol–water partition coefficient (Wildman–Crippen LogP) is 5.39. The maximum atomic E-state index is 13.3. The Labute approximate surface area is 184 Å². The number of carbonyl (C=O) groups is 2. The maximum Gasteiger partial charge on any atom is 0.272 e. The van der Waals surface area contributed by atoms with Crippen LogP contribution in [0.3, 0.4) is 0 Å². The van der Waals surface area contributed by atoms with E-state index in [0.29, 0.717) is 17.0 Å². The summed E-state index contributed by atoms with van der Waals surface area (Å²) in [5.41, 5.74) is 5.36. The minimum Gasteiger partial charge on any atom is -0.322 e. The predicted molar refractivity (Wildman–Crippen MR) is 124 cm³/mol. The summed E-state index contributed by atoms with van der Waals surface area (Å²) < 4.78 is 13.3. The Morgan fingerprint density at radius 2 is 1.50 bits per heavy atom. The van der Waals surface area contributed by atoms with Gasteiger partial charge in [-0.15, -0.1) is 0 Å². The summed E-state index contributed by atoms with van der Waals surface area (Å²) in [6.07, 6.45) is 0. The van der Waals surface area contributed by atoms with Crippen molar-refractivity contribution in [3.05, 3.63) is 114 Å². The minimum atomic E-state index is -0.467. The van der Waals surface area contributed by atoms with Crippen LogP contribution in [-0.4, -0.2) is 17.5 Å². The Kier molecular flexibility index (Phi) is 6.03. The van der Waals surface area contributed by atoms with Gasteiger partial charge in [-0.3, -0.25) is 9.59 Å². The summed E-state index contributed by atoms with van der Waals surface area (Å²) in [7, 11) is 0. The second-order valence-corrected chi connectivity index (χ2v) is 7.21. The number of carbonyl (C=O) groups excluding carboxylic acids is 2. The average molecular weight is 425 g/mol. The lowest BCUT2D eigenvalue weighted by Gasteiger charge is -2.08. The second-order valence-electron chi connectivity index (χ2n) is 7.21. The molecule has 0 atom stereocenters. The molecule has 0 heterocycles. The normalized spacial score (nSPS) is 11.2. The fraction of sp³-hybridized carbons (Fsp3) is 0.0385. The summed E-state index contributed by atoms with van der Waals surface area (Å²) in [5.74, 6) is -1.16. The van der Waals surface area contributed by atoms with Crippen LogP contribution in [0.5, 0.6) is 0 Å². The molecular formula is C26H20FN3O2. The number of hydrogen-bond acceptors (Lipinski definition) is 3. The molecule has 158 valence electrons. The highest BCUT2D eigenvalue weighted by Crippen LogP contribution is 2.18. The van der Waals surface area contributed by atoms with Gasteiger partial charge in [0.05, 0.1) is 5.71 Å². The molecule has 0 aliphatic carbocycles. The maximum absolute atomic E-state index is 13.3. The summed E-state index contributed by atoms with van der Waals surface area (Å²) in [6.45, 7) is 1.78. The van der Waals surface area contributed by atoms with E-state index in [-0.39, 0.29) is 11.5 Å². The van der Waals surface area contributed by atoms with Crippen molar-refractivity contribution >= 4 is 34.0 Å². The van der Waals surface area contributed by atoms with E-state index in [1.165, 1.54) is 18.2 Å². The first kappa shape index (κ1) is 20.9. The van der Waals surface area contributed by atoms with Crippen LogP contribution in [0.2, 0.25) is 0 Å². The van der Waals surface area contributed by atoms with Crippen molar-refractivity contribution in [2.45, 2.75) is 6.92 Å². The zero-order chi connectivity index (χ0) is 22.5. The molecule has 2 N–H and O–H groups in total. The van der Waals surface area contributed by atoms with Crippen molar-refractivity contribution in [3.8, 4) is 0 Å². The van der Waals surface area contributed by atoms with E-state index in [1.807, 2.05) is 36.4 Å². The third-order valence-corrected chi connectivity index (χ3v) is 5.01. The summed E-state index contributed by atoms with van der Waals surface area (Å²) >= 11 is 0. The summed E-state index contributed by atoms with van der Waals surface area (Å²) in [4.78, 5) is 24.9. The van der Waals surface area contributed by atoms with Crippen LogP contribution in [0.25, 0.3) is 10.8 Å². The van der Waals surface area contributed by atoms with Gasteiger partial charge in [-0.25, -0.2) is 9.82 Å². The molecule has 0 saturated carbocycles. The van der Waals surface area contributed by atoms with Gasteiger partial charge in [-0.05, 0) is 59.7 Å². The Bertz CT molecular complexity index is 1330. The fourth-order valence-electron chi connectivity index (χ4n) is 3.31. The number of nitrogens with one attached hydrogen (secondary N) is 2. The monoisotopic (exact) mass is 425 g/mol. The summed E-state index contributed by atoms with van der Waals surface area (Å²) in [6, 6.07) is 25.7. The smallest absolute Gasteiger partial charge is 0.272 e. The lowest BCUT2D eigenvalue weighted by molar-refractivity contribution is 0.0955. The Morgan fingerprint density at radius 3 is 2.28 bits per heavy atom. The van der Waals surface area contributed by atoms with Gasteiger partial charge in [0.1, 0.15) is 5.82 Å². The van der Waals surface area contributed by atoms with E-state index in [0.717, 1.165) is 16.3 Å². The van der Waals surface area contributed by atoms with Crippen LogP contribution < -0.4 is 10.7 Å². The number of hydrazone groups is 1. The number of halogens is 1. The third kappa shape index (κ3) is 4.70. The molecule has 0 aliphatic rings. The van der Waals surface area contributed by atoms with Gasteiger partial charge in [-0.2, -0.15) is 5.10 Å². The molecule has 5 nitrogen and oxygen atoms in total. The Hall–Kier alpha value is -4.32. The molecule has 4 aromatic rings. The van der Waals surface area contributed by atoms with Crippen LogP contribution in [0, 0.1) is 5.82 Å². The molecule has 0 spiro atoms. The van der Waals surface area contributed by atoms with E-state index in [4.69, 9.17) is 0 Å². The number of anilines is 1. The van der Waals surface area contributed by atoms with Crippen LogP contribution in [0.1, 0.15) is 33.2 Å². The first-order valence-corrected chi connectivity index (χ1v) is 10.0. The Morgan fingerprint density at radius 1 is 0.781 bits per heavy atom. The van der Waals surface area contributed by atoms with Gasteiger partial charge >= 0.3 is 0 Å². The van der Waals surface area contributed by atoms with Gasteiger partial charge < -0.3 is 5.32 Å². The largest absolute Gasteiger partial charge is 0.322 e. The van der Waals surface area contributed by atoms with Crippen molar-refractivity contribution in [2.75, 3.05) is 5.32 Å². The van der Waals surface area contributed by atoms with Gasteiger partial charge in [0.25, 0.3) is 11.8 Å². The molecule has 2 amide bonds. The lowest BCUT2D eigenvalue weighted by Crippen LogP contribution is -2.19. The van der Waals surface area contributed by atoms with Crippen LogP contribution in [-0.2, 0) is 0 Å². The molecule has 0 saturated heterocycles. The Balaban J connectivity index is 1.43. The van der Waals surface area contributed by atoms with Crippen molar-refractivity contribution in [2.24, 2.45) is 5.10 Å². The molecule has 0 radical (unpaired) electrons. The number of fused-ring (bicyclic) bond motifs is 1. The minimum absolute atomic E-state index is 0.239. The van der Waals surface area contributed by atoms with E-state index < -0.39 is 11.7 Å². The first-order chi connectivity index (χ1) is 15.5. The molecule has 4 aromatic carbocycles. The van der Waals surface area contributed by atoms with Crippen LogP contribution in [0.15, 0.2) is 96.1 Å². The van der Waals surface area contributed by atoms with E-state index in [9.17, 15) is 14.0 Å². The van der Waals surface area contributed by atoms with Crippen molar-refractivity contribution < 1.29 is 14.0 Å². The molecule has 0 unspecified atom stereocenters. The second kappa shape index (κ2) is 9.22. The van der Waals surface area contributed by atoms with Crippen molar-refractivity contribution in [1.29, 1.82) is 0 Å². The quantitative estimate of drug-likeness (QED) is 0.333. The third-order valence-electron chi connectivity index (χ3n) is 5.01. The average Bonchev–Trinajstić information content (AvgIpc) is 2.82. The van der Waals surface area contributed by atoms with Gasteiger partial charge in [0.15, 0.2) is 0 Å². The van der Waals surface area contributed by atoms with E-state index in [1.54, 1.807) is 43.3 Å². The molecule has 0 bridgehead atoms. The molecular weight excluding hydrogens is 405 g/mol. The highest BCUT2D eigenvalue weighted by atomic mass is 19.1. The lowest BCUT2D eigenvalue weighted by atomic mass is 10.0. The molecule has 0 aromatic heterocycles. The fourth-order valence-corrected chi connectivity index (χ4v) is 3.31. The zero-order valence-corrected chi connectivity index (χ0v) is 17.3. The topological polar surface area (TPSA) is 70.6 Å². The molecule has 4 rings (SSSR count). The van der Waals surface area contributed by atoms with Crippen molar-refractivity contribution in [1.82, 2.24) is 5.43 Å². The van der Waals surface area contributed by atoms with E-state index in [2.05, 4.69) is 15.8 Å².